The van der Waals surface area contributed by atoms with E-state index in [4.69, 9.17) is 14.6 Å². The number of ether oxygens (including phenoxy) is 2. The van der Waals surface area contributed by atoms with Crippen LogP contribution >= 0.6 is 0 Å². The monoisotopic (exact) mass is 279 g/mol. The number of hydrogen-bond donors (Lipinski definition) is 2. The van der Waals surface area contributed by atoms with Gasteiger partial charge in [0.05, 0.1) is 6.61 Å². The van der Waals surface area contributed by atoms with Gasteiger partial charge in [0, 0.05) is 12.1 Å². The van der Waals surface area contributed by atoms with E-state index in [1.54, 1.807) is 30.3 Å². The fraction of sp³-hybridized carbons (Fsp3) is 0.286. The zero-order chi connectivity index (χ0) is 14.8. The number of carbonyl (C=O) groups is 2. The summed E-state index contributed by atoms with van der Waals surface area (Å²) in [5.41, 5.74) is 0.495. The van der Waals surface area contributed by atoms with E-state index in [2.05, 4.69) is 11.9 Å². The maximum atomic E-state index is 11.7. The number of rotatable bonds is 9. The molecular formula is C14H17NO5. The number of amides is 1. The van der Waals surface area contributed by atoms with Crippen LogP contribution in [0, 0.1) is 0 Å². The molecule has 0 aromatic heterocycles. The molecule has 0 atom stereocenters. The first kappa shape index (κ1) is 15.7. The number of aliphatic carboxylic acids is 1. The van der Waals surface area contributed by atoms with Gasteiger partial charge in [0.15, 0.2) is 0 Å². The number of carboxylic acids is 1. The standard InChI is InChI=1S/C14H17NO5/c1-2-8-20-12-5-3-11(4-6-12)14(18)15-7-9-19-10-13(16)17/h2-6H,1,7-10H2,(H,15,18)(H,16,17). The largest absolute Gasteiger partial charge is 0.490 e. The highest BCUT2D eigenvalue weighted by Crippen LogP contribution is 2.11. The summed E-state index contributed by atoms with van der Waals surface area (Å²) in [6.45, 7) is 3.99. The van der Waals surface area contributed by atoms with E-state index < -0.39 is 5.97 Å². The summed E-state index contributed by atoms with van der Waals surface area (Å²) in [5, 5.41) is 11.0. The predicted molar refractivity (Wildman–Crippen MR) is 72.9 cm³/mol. The summed E-state index contributed by atoms with van der Waals surface area (Å²) < 4.78 is 10.1. The molecular weight excluding hydrogens is 262 g/mol. The van der Waals surface area contributed by atoms with Crippen molar-refractivity contribution in [1.29, 1.82) is 0 Å². The minimum atomic E-state index is -1.04. The van der Waals surface area contributed by atoms with Gasteiger partial charge in [-0.2, -0.15) is 0 Å². The lowest BCUT2D eigenvalue weighted by Crippen LogP contribution is -2.27. The third kappa shape index (κ3) is 6.01. The third-order valence-electron chi connectivity index (χ3n) is 2.24. The van der Waals surface area contributed by atoms with Crippen molar-refractivity contribution in [2.45, 2.75) is 0 Å². The Bertz CT molecular complexity index is 455. The minimum absolute atomic E-state index is 0.151. The molecule has 0 radical (unpaired) electrons. The second-order valence-electron chi connectivity index (χ2n) is 3.83. The Labute approximate surface area is 117 Å². The summed E-state index contributed by atoms with van der Waals surface area (Å²) in [6, 6.07) is 6.68. The van der Waals surface area contributed by atoms with E-state index in [1.165, 1.54) is 0 Å². The molecule has 1 amide bonds. The van der Waals surface area contributed by atoms with Crippen LogP contribution in [0.5, 0.6) is 5.75 Å². The molecule has 6 nitrogen and oxygen atoms in total. The van der Waals surface area contributed by atoms with Crippen LogP contribution in [-0.4, -0.2) is 43.3 Å². The molecule has 1 aromatic rings. The lowest BCUT2D eigenvalue weighted by molar-refractivity contribution is -0.142. The van der Waals surface area contributed by atoms with Crippen molar-refractivity contribution in [3.63, 3.8) is 0 Å². The molecule has 0 aliphatic heterocycles. The van der Waals surface area contributed by atoms with Crippen molar-refractivity contribution in [2.24, 2.45) is 0 Å². The zero-order valence-corrected chi connectivity index (χ0v) is 11.0. The third-order valence-corrected chi connectivity index (χ3v) is 2.24. The first-order chi connectivity index (χ1) is 9.63. The van der Waals surface area contributed by atoms with Crippen LogP contribution in [-0.2, 0) is 9.53 Å². The molecule has 108 valence electrons. The minimum Gasteiger partial charge on any atom is -0.490 e. The Morgan fingerprint density at radius 2 is 2.00 bits per heavy atom. The van der Waals surface area contributed by atoms with Gasteiger partial charge in [0.25, 0.3) is 5.91 Å². The molecule has 0 spiro atoms. The van der Waals surface area contributed by atoms with E-state index in [0.29, 0.717) is 17.9 Å². The summed E-state index contributed by atoms with van der Waals surface area (Å²) in [5.74, 6) is -0.628. The lowest BCUT2D eigenvalue weighted by Gasteiger charge is -2.07. The maximum Gasteiger partial charge on any atom is 0.329 e. The van der Waals surface area contributed by atoms with Gasteiger partial charge in [-0.15, -0.1) is 0 Å². The highest BCUT2D eigenvalue weighted by atomic mass is 16.5. The lowest BCUT2D eigenvalue weighted by atomic mass is 10.2. The van der Waals surface area contributed by atoms with Crippen LogP contribution in [0.2, 0.25) is 0 Å². The first-order valence-corrected chi connectivity index (χ1v) is 6.05. The number of carbonyl (C=O) groups excluding carboxylic acids is 1. The maximum absolute atomic E-state index is 11.7. The summed E-state index contributed by atoms with van der Waals surface area (Å²) in [4.78, 5) is 21.9. The van der Waals surface area contributed by atoms with Crippen LogP contribution in [0.25, 0.3) is 0 Å². The summed E-state index contributed by atoms with van der Waals surface area (Å²) in [6.07, 6.45) is 1.64. The molecule has 0 aliphatic rings. The Hall–Kier alpha value is -2.34. The van der Waals surface area contributed by atoms with Gasteiger partial charge in [0.1, 0.15) is 19.0 Å². The second-order valence-corrected chi connectivity index (χ2v) is 3.83. The molecule has 0 unspecified atom stereocenters. The predicted octanol–water partition coefficient (Wildman–Crippen LogP) is 1.08. The quantitative estimate of drug-likeness (QED) is 0.522. The SMILES string of the molecule is C=CCOc1ccc(C(=O)NCCOCC(=O)O)cc1. The molecule has 0 fully saturated rings. The second kappa shape index (κ2) is 8.71. The van der Waals surface area contributed by atoms with Crippen molar-refractivity contribution in [1.82, 2.24) is 5.32 Å². The smallest absolute Gasteiger partial charge is 0.329 e. The summed E-state index contributed by atoms with van der Waals surface area (Å²) >= 11 is 0. The molecule has 0 saturated carbocycles. The van der Waals surface area contributed by atoms with Crippen LogP contribution in [0.1, 0.15) is 10.4 Å². The Kier molecular flexibility index (Phi) is 6.84. The van der Waals surface area contributed by atoms with E-state index >= 15 is 0 Å². The van der Waals surface area contributed by atoms with Crippen LogP contribution < -0.4 is 10.1 Å². The van der Waals surface area contributed by atoms with Crippen molar-refractivity contribution >= 4 is 11.9 Å². The van der Waals surface area contributed by atoms with Gasteiger partial charge in [-0.05, 0) is 24.3 Å². The topological polar surface area (TPSA) is 84.9 Å². The molecule has 20 heavy (non-hydrogen) atoms. The van der Waals surface area contributed by atoms with Crippen LogP contribution in [0.4, 0.5) is 0 Å². The average Bonchev–Trinajstić information content (AvgIpc) is 2.44. The molecule has 2 N–H and O–H groups in total. The van der Waals surface area contributed by atoms with E-state index in [1.807, 2.05) is 0 Å². The Morgan fingerprint density at radius 1 is 1.30 bits per heavy atom. The normalized spacial score (nSPS) is 9.80. The van der Waals surface area contributed by atoms with Gasteiger partial charge < -0.3 is 19.9 Å². The highest BCUT2D eigenvalue weighted by molar-refractivity contribution is 5.94. The number of nitrogens with one attached hydrogen (secondary N) is 1. The van der Waals surface area contributed by atoms with E-state index in [9.17, 15) is 9.59 Å². The molecule has 0 aliphatic carbocycles. The Balaban J connectivity index is 2.32. The number of benzene rings is 1. The first-order valence-electron chi connectivity index (χ1n) is 6.05. The van der Waals surface area contributed by atoms with Gasteiger partial charge in [0.2, 0.25) is 0 Å². The number of hydrogen-bond acceptors (Lipinski definition) is 4. The van der Waals surface area contributed by atoms with Gasteiger partial charge >= 0.3 is 5.97 Å². The fourth-order valence-electron chi connectivity index (χ4n) is 1.36. The molecule has 0 saturated heterocycles. The molecule has 0 bridgehead atoms. The zero-order valence-electron chi connectivity index (χ0n) is 11.0. The van der Waals surface area contributed by atoms with Crippen LogP contribution in [0.15, 0.2) is 36.9 Å². The molecule has 0 heterocycles. The van der Waals surface area contributed by atoms with Crippen molar-refractivity contribution in [3.8, 4) is 5.75 Å². The molecule has 6 heteroatoms. The molecule has 1 rings (SSSR count). The summed E-state index contributed by atoms with van der Waals surface area (Å²) in [7, 11) is 0. The molecule has 1 aromatic carbocycles. The van der Waals surface area contributed by atoms with Crippen molar-refractivity contribution in [2.75, 3.05) is 26.4 Å². The van der Waals surface area contributed by atoms with Gasteiger partial charge in [-0.1, -0.05) is 12.7 Å². The van der Waals surface area contributed by atoms with Crippen molar-refractivity contribution < 1.29 is 24.2 Å². The van der Waals surface area contributed by atoms with Gasteiger partial charge in [-0.25, -0.2) is 4.79 Å². The fourth-order valence-corrected chi connectivity index (χ4v) is 1.36. The number of carboxylic acid groups (broad SMARTS) is 1. The Morgan fingerprint density at radius 3 is 2.60 bits per heavy atom. The van der Waals surface area contributed by atoms with Gasteiger partial charge in [-0.3, -0.25) is 4.79 Å². The van der Waals surface area contributed by atoms with Crippen LogP contribution in [0.3, 0.4) is 0 Å². The van der Waals surface area contributed by atoms with Crippen molar-refractivity contribution in [3.05, 3.63) is 42.5 Å². The van der Waals surface area contributed by atoms with E-state index in [0.717, 1.165) is 0 Å². The highest BCUT2D eigenvalue weighted by Gasteiger charge is 2.05. The van der Waals surface area contributed by atoms with E-state index in [-0.39, 0.29) is 25.7 Å². The average molecular weight is 279 g/mol.